The topological polar surface area (TPSA) is 25.2 Å². The third-order valence-electron chi connectivity index (χ3n) is 3.46. The van der Waals surface area contributed by atoms with E-state index in [1.165, 1.54) is 12.8 Å². The van der Waals surface area contributed by atoms with Crippen LogP contribution in [0.4, 0.5) is 0 Å². The first-order valence-electron chi connectivity index (χ1n) is 6.23. The molecule has 1 aromatic rings. The van der Waals surface area contributed by atoms with Crippen molar-refractivity contribution in [2.24, 2.45) is 13.0 Å². The maximum absolute atomic E-state index is 12.3. The highest BCUT2D eigenvalue weighted by Gasteiger charge is 2.27. The van der Waals surface area contributed by atoms with Gasteiger partial charge in [0.05, 0.1) is 0 Å². The lowest BCUT2D eigenvalue weighted by molar-refractivity contribution is 0.0777. The van der Waals surface area contributed by atoms with Gasteiger partial charge in [0.2, 0.25) is 0 Å². The Kier molecular flexibility index (Phi) is 3.92. The van der Waals surface area contributed by atoms with Gasteiger partial charge in [-0.1, -0.05) is 13.3 Å². The minimum Gasteiger partial charge on any atom is -0.345 e. The van der Waals surface area contributed by atoms with Crippen LogP contribution in [0, 0.1) is 5.92 Å². The predicted molar refractivity (Wildman–Crippen MR) is 72.0 cm³/mol. The molecular weight excluding hydrogens is 280 g/mol. The second-order valence-electron chi connectivity index (χ2n) is 4.85. The Labute approximate surface area is 111 Å². The molecule has 1 aliphatic rings. The summed E-state index contributed by atoms with van der Waals surface area (Å²) in [6.45, 7) is 4.04. The highest BCUT2D eigenvalue weighted by atomic mass is 79.9. The highest BCUT2D eigenvalue weighted by molar-refractivity contribution is 9.10. The van der Waals surface area contributed by atoms with Crippen LogP contribution in [0.3, 0.4) is 0 Å². The standard InChI is InChI=1S/C13H19BrN2O/c1-3-4-10-5-6-16(8-10)13(17)12-7-11(14)9-15(12)2/h7,9-10H,3-6,8H2,1-2H3. The molecule has 4 heteroatoms. The number of carbonyl (C=O) groups excluding carboxylic acids is 1. The molecule has 0 spiro atoms. The quantitative estimate of drug-likeness (QED) is 0.842. The van der Waals surface area contributed by atoms with Gasteiger partial charge < -0.3 is 9.47 Å². The van der Waals surface area contributed by atoms with E-state index in [1.54, 1.807) is 0 Å². The Morgan fingerprint density at radius 2 is 2.35 bits per heavy atom. The molecule has 0 N–H and O–H groups in total. The molecule has 1 atom stereocenters. The number of nitrogens with zero attached hydrogens (tertiary/aromatic N) is 2. The van der Waals surface area contributed by atoms with E-state index in [4.69, 9.17) is 0 Å². The molecule has 2 heterocycles. The first-order valence-corrected chi connectivity index (χ1v) is 7.02. The summed E-state index contributed by atoms with van der Waals surface area (Å²) in [6, 6.07) is 1.90. The van der Waals surface area contributed by atoms with Crippen LogP contribution in [0.2, 0.25) is 0 Å². The molecule has 1 amide bonds. The van der Waals surface area contributed by atoms with Gasteiger partial charge in [-0.2, -0.15) is 0 Å². The van der Waals surface area contributed by atoms with Gasteiger partial charge in [-0.3, -0.25) is 4.79 Å². The summed E-state index contributed by atoms with van der Waals surface area (Å²) in [5.74, 6) is 0.865. The van der Waals surface area contributed by atoms with Crippen molar-refractivity contribution in [3.8, 4) is 0 Å². The van der Waals surface area contributed by atoms with Crippen LogP contribution in [0.25, 0.3) is 0 Å². The number of halogens is 1. The number of carbonyl (C=O) groups is 1. The molecule has 0 radical (unpaired) electrons. The third-order valence-corrected chi connectivity index (χ3v) is 3.89. The number of hydrogen-bond acceptors (Lipinski definition) is 1. The number of aryl methyl sites for hydroxylation is 1. The van der Waals surface area contributed by atoms with Crippen molar-refractivity contribution in [2.75, 3.05) is 13.1 Å². The number of hydrogen-bond donors (Lipinski definition) is 0. The van der Waals surface area contributed by atoms with E-state index in [1.807, 2.05) is 28.8 Å². The summed E-state index contributed by atoms with van der Waals surface area (Å²) in [7, 11) is 1.91. The number of rotatable bonds is 3. The van der Waals surface area contributed by atoms with Crippen LogP contribution in [0.15, 0.2) is 16.7 Å². The van der Waals surface area contributed by atoms with Gasteiger partial charge in [0.15, 0.2) is 0 Å². The third kappa shape index (κ3) is 2.73. The lowest BCUT2D eigenvalue weighted by atomic mass is 10.0. The van der Waals surface area contributed by atoms with Crippen molar-refractivity contribution >= 4 is 21.8 Å². The molecule has 17 heavy (non-hydrogen) atoms. The van der Waals surface area contributed by atoms with E-state index in [0.717, 1.165) is 29.7 Å². The van der Waals surface area contributed by atoms with Crippen LogP contribution in [-0.4, -0.2) is 28.5 Å². The summed E-state index contributed by atoms with van der Waals surface area (Å²) in [6.07, 6.45) is 5.53. The summed E-state index contributed by atoms with van der Waals surface area (Å²) >= 11 is 3.41. The summed E-state index contributed by atoms with van der Waals surface area (Å²) < 4.78 is 2.85. The zero-order valence-corrected chi connectivity index (χ0v) is 12.0. The summed E-state index contributed by atoms with van der Waals surface area (Å²) in [4.78, 5) is 14.3. The predicted octanol–water partition coefficient (Wildman–Crippen LogP) is 3.05. The molecule has 1 unspecified atom stereocenters. The van der Waals surface area contributed by atoms with Crippen LogP contribution in [0.1, 0.15) is 36.7 Å². The Hall–Kier alpha value is -0.770. The van der Waals surface area contributed by atoms with Gasteiger partial charge in [-0.05, 0) is 40.8 Å². The Balaban J connectivity index is 2.04. The lowest BCUT2D eigenvalue weighted by Gasteiger charge is -2.16. The van der Waals surface area contributed by atoms with Crippen molar-refractivity contribution in [3.63, 3.8) is 0 Å². The van der Waals surface area contributed by atoms with Gasteiger partial charge in [0.1, 0.15) is 5.69 Å². The molecule has 2 rings (SSSR count). The maximum Gasteiger partial charge on any atom is 0.270 e. The molecule has 0 bridgehead atoms. The molecule has 94 valence electrons. The van der Waals surface area contributed by atoms with Crippen molar-refractivity contribution in [1.82, 2.24) is 9.47 Å². The van der Waals surface area contributed by atoms with Crippen molar-refractivity contribution in [3.05, 3.63) is 22.4 Å². The van der Waals surface area contributed by atoms with E-state index >= 15 is 0 Å². The van der Waals surface area contributed by atoms with Gasteiger partial charge in [-0.15, -0.1) is 0 Å². The molecule has 1 saturated heterocycles. The van der Waals surface area contributed by atoms with Gasteiger partial charge in [-0.25, -0.2) is 0 Å². The van der Waals surface area contributed by atoms with Crippen molar-refractivity contribution in [2.45, 2.75) is 26.2 Å². The average molecular weight is 299 g/mol. The van der Waals surface area contributed by atoms with Gasteiger partial charge in [0, 0.05) is 30.8 Å². The number of likely N-dealkylation sites (tertiary alicyclic amines) is 1. The second kappa shape index (κ2) is 5.25. The van der Waals surface area contributed by atoms with E-state index in [2.05, 4.69) is 22.9 Å². The number of amides is 1. The van der Waals surface area contributed by atoms with Crippen LogP contribution >= 0.6 is 15.9 Å². The first kappa shape index (κ1) is 12.7. The monoisotopic (exact) mass is 298 g/mol. The Morgan fingerprint density at radius 3 is 2.94 bits per heavy atom. The van der Waals surface area contributed by atoms with Crippen LogP contribution < -0.4 is 0 Å². The molecule has 0 aromatic carbocycles. The molecule has 3 nitrogen and oxygen atoms in total. The zero-order chi connectivity index (χ0) is 12.4. The van der Waals surface area contributed by atoms with Crippen molar-refractivity contribution < 1.29 is 4.79 Å². The Morgan fingerprint density at radius 1 is 1.59 bits per heavy atom. The van der Waals surface area contributed by atoms with E-state index in [0.29, 0.717) is 5.92 Å². The smallest absolute Gasteiger partial charge is 0.270 e. The normalized spacial score (nSPS) is 19.9. The van der Waals surface area contributed by atoms with E-state index < -0.39 is 0 Å². The molecular formula is C13H19BrN2O. The fourth-order valence-electron chi connectivity index (χ4n) is 2.56. The maximum atomic E-state index is 12.3. The zero-order valence-electron chi connectivity index (χ0n) is 10.4. The first-order chi connectivity index (χ1) is 8.11. The summed E-state index contributed by atoms with van der Waals surface area (Å²) in [5, 5.41) is 0. The van der Waals surface area contributed by atoms with Gasteiger partial charge >= 0.3 is 0 Å². The van der Waals surface area contributed by atoms with E-state index in [9.17, 15) is 4.79 Å². The average Bonchev–Trinajstić information content (AvgIpc) is 2.85. The number of aromatic nitrogens is 1. The van der Waals surface area contributed by atoms with E-state index in [-0.39, 0.29) is 5.91 Å². The van der Waals surface area contributed by atoms with Crippen molar-refractivity contribution in [1.29, 1.82) is 0 Å². The minimum absolute atomic E-state index is 0.164. The van der Waals surface area contributed by atoms with Crippen LogP contribution in [-0.2, 0) is 7.05 Å². The molecule has 0 aliphatic carbocycles. The molecule has 1 aliphatic heterocycles. The van der Waals surface area contributed by atoms with Crippen LogP contribution in [0.5, 0.6) is 0 Å². The summed E-state index contributed by atoms with van der Waals surface area (Å²) in [5.41, 5.74) is 0.772. The molecule has 1 aromatic heterocycles. The van der Waals surface area contributed by atoms with Gasteiger partial charge in [0.25, 0.3) is 5.91 Å². The highest BCUT2D eigenvalue weighted by Crippen LogP contribution is 2.23. The second-order valence-corrected chi connectivity index (χ2v) is 5.76. The SMILES string of the molecule is CCCC1CCN(C(=O)c2cc(Br)cn2C)C1. The fourth-order valence-corrected chi connectivity index (χ4v) is 3.08. The molecule has 0 saturated carbocycles. The Bertz CT molecular complexity index is 414. The minimum atomic E-state index is 0.164. The lowest BCUT2D eigenvalue weighted by Crippen LogP contribution is -2.30. The molecule has 1 fully saturated rings. The largest absolute Gasteiger partial charge is 0.345 e. The fraction of sp³-hybridized carbons (Fsp3) is 0.615.